The number of nitrogens with one attached hydrogen (secondary N) is 1. The van der Waals surface area contributed by atoms with Crippen LogP contribution in [0.4, 0.5) is 23.2 Å². The van der Waals surface area contributed by atoms with E-state index in [0.29, 0.717) is 37.0 Å². The van der Waals surface area contributed by atoms with Crippen molar-refractivity contribution in [3.63, 3.8) is 0 Å². The fourth-order valence-corrected chi connectivity index (χ4v) is 4.00. The number of piperidine rings is 1. The van der Waals surface area contributed by atoms with Crippen LogP contribution in [0.2, 0.25) is 5.02 Å². The van der Waals surface area contributed by atoms with E-state index >= 15 is 0 Å². The Labute approximate surface area is 180 Å². The van der Waals surface area contributed by atoms with Crippen molar-refractivity contribution in [3.05, 3.63) is 70.6 Å². The number of fused-ring (bicyclic) bond motifs is 1. The normalized spacial score (nSPS) is 15.3. The molecule has 0 aliphatic carbocycles. The molecule has 4 nitrogen and oxygen atoms in total. The van der Waals surface area contributed by atoms with Crippen LogP contribution in [0.25, 0.3) is 10.9 Å². The number of carbonyl (C=O) groups is 1. The fourth-order valence-electron chi connectivity index (χ4n) is 3.84. The second-order valence-electron chi connectivity index (χ2n) is 7.39. The van der Waals surface area contributed by atoms with E-state index < -0.39 is 29.0 Å². The van der Waals surface area contributed by atoms with Gasteiger partial charge in [0, 0.05) is 41.4 Å². The number of halogens is 5. The van der Waals surface area contributed by atoms with Gasteiger partial charge in [-0.1, -0.05) is 17.7 Å². The molecule has 0 bridgehead atoms. The van der Waals surface area contributed by atoms with Crippen LogP contribution in [0, 0.1) is 5.82 Å². The highest BCUT2D eigenvalue weighted by atomic mass is 35.5. The lowest BCUT2D eigenvalue weighted by atomic mass is 10.0. The average molecular weight is 452 g/mol. The first-order valence-corrected chi connectivity index (χ1v) is 10.1. The van der Waals surface area contributed by atoms with E-state index in [1.807, 2.05) is 12.1 Å². The Morgan fingerprint density at radius 3 is 2.58 bits per heavy atom. The Morgan fingerprint density at radius 2 is 1.87 bits per heavy atom. The maximum absolute atomic E-state index is 14.2. The van der Waals surface area contributed by atoms with Crippen LogP contribution in [-0.4, -0.2) is 30.0 Å². The standard InChI is InChI=1S/C22H18ClF4N3O/c23-13-4-5-15-18(12-13)28-9-6-19(15)30-10-7-14(8-11-30)29-21(31)16-2-1-3-17(20(16)24)22(25,26)27/h1-6,9,12,14H,7-8,10-11H2,(H,29,31). The highest BCUT2D eigenvalue weighted by Crippen LogP contribution is 2.33. The van der Waals surface area contributed by atoms with Gasteiger partial charge in [0.25, 0.3) is 5.91 Å². The number of rotatable bonds is 3. The highest BCUT2D eigenvalue weighted by molar-refractivity contribution is 6.31. The minimum Gasteiger partial charge on any atom is -0.371 e. The predicted octanol–water partition coefficient (Wildman–Crippen LogP) is 5.44. The number of nitrogens with zero attached hydrogens (tertiary/aromatic N) is 2. The monoisotopic (exact) mass is 451 g/mol. The third-order valence-corrected chi connectivity index (χ3v) is 5.64. The van der Waals surface area contributed by atoms with E-state index in [-0.39, 0.29) is 6.04 Å². The molecule has 4 rings (SSSR count). The van der Waals surface area contributed by atoms with Crippen molar-refractivity contribution < 1.29 is 22.4 Å². The second-order valence-corrected chi connectivity index (χ2v) is 7.83. The van der Waals surface area contributed by atoms with Gasteiger partial charge in [-0.05, 0) is 49.2 Å². The van der Waals surface area contributed by atoms with Crippen LogP contribution in [-0.2, 0) is 6.18 Å². The van der Waals surface area contributed by atoms with Crippen molar-refractivity contribution in [2.24, 2.45) is 0 Å². The molecule has 0 radical (unpaired) electrons. The van der Waals surface area contributed by atoms with Crippen molar-refractivity contribution in [1.82, 2.24) is 10.3 Å². The first kappa shape index (κ1) is 21.4. The zero-order valence-corrected chi connectivity index (χ0v) is 17.0. The summed E-state index contributed by atoms with van der Waals surface area (Å²) in [6.45, 7) is 1.25. The smallest absolute Gasteiger partial charge is 0.371 e. The molecule has 0 saturated carbocycles. The van der Waals surface area contributed by atoms with E-state index in [1.54, 1.807) is 18.3 Å². The van der Waals surface area contributed by atoms with Crippen LogP contribution in [0.1, 0.15) is 28.8 Å². The Bertz CT molecular complexity index is 1130. The summed E-state index contributed by atoms with van der Waals surface area (Å²) in [7, 11) is 0. The number of hydrogen-bond acceptors (Lipinski definition) is 3. The summed E-state index contributed by atoms with van der Waals surface area (Å²) in [4.78, 5) is 18.9. The summed E-state index contributed by atoms with van der Waals surface area (Å²) < 4.78 is 52.9. The van der Waals surface area contributed by atoms with Crippen LogP contribution in [0.5, 0.6) is 0 Å². The van der Waals surface area contributed by atoms with Crippen molar-refractivity contribution in [3.8, 4) is 0 Å². The lowest BCUT2D eigenvalue weighted by Crippen LogP contribution is -2.45. The van der Waals surface area contributed by atoms with E-state index in [9.17, 15) is 22.4 Å². The second kappa shape index (κ2) is 8.34. The van der Waals surface area contributed by atoms with Gasteiger partial charge in [0.1, 0.15) is 5.82 Å². The van der Waals surface area contributed by atoms with Crippen molar-refractivity contribution in [2.75, 3.05) is 18.0 Å². The first-order chi connectivity index (χ1) is 14.7. The largest absolute Gasteiger partial charge is 0.419 e. The molecular formula is C22H18ClF4N3O. The molecule has 2 heterocycles. The molecule has 1 aliphatic rings. The minimum atomic E-state index is -4.86. The van der Waals surface area contributed by atoms with Gasteiger partial charge < -0.3 is 10.2 Å². The highest BCUT2D eigenvalue weighted by Gasteiger charge is 2.36. The lowest BCUT2D eigenvalue weighted by molar-refractivity contribution is -0.140. The summed E-state index contributed by atoms with van der Waals surface area (Å²) in [5, 5.41) is 4.22. The molecule has 0 unspecified atom stereocenters. The van der Waals surface area contributed by atoms with E-state index in [4.69, 9.17) is 11.6 Å². The molecule has 1 saturated heterocycles. The summed E-state index contributed by atoms with van der Waals surface area (Å²) in [6, 6.07) is 9.85. The molecule has 1 aromatic heterocycles. The molecule has 1 aliphatic heterocycles. The molecular weight excluding hydrogens is 434 g/mol. The number of anilines is 1. The molecule has 1 N–H and O–H groups in total. The molecule has 1 amide bonds. The zero-order chi connectivity index (χ0) is 22.2. The van der Waals surface area contributed by atoms with Gasteiger partial charge in [-0.3, -0.25) is 9.78 Å². The molecule has 3 aromatic rings. The van der Waals surface area contributed by atoms with Crippen LogP contribution >= 0.6 is 11.6 Å². The van der Waals surface area contributed by atoms with Gasteiger partial charge in [0.15, 0.2) is 0 Å². The van der Waals surface area contributed by atoms with Crippen LogP contribution in [0.15, 0.2) is 48.7 Å². The third kappa shape index (κ3) is 4.44. The van der Waals surface area contributed by atoms with Gasteiger partial charge in [0.2, 0.25) is 0 Å². The number of amides is 1. The molecule has 162 valence electrons. The topological polar surface area (TPSA) is 45.2 Å². The van der Waals surface area contributed by atoms with Gasteiger partial charge in [-0.2, -0.15) is 13.2 Å². The summed E-state index contributed by atoms with van der Waals surface area (Å²) in [6.07, 6.45) is -2.00. The van der Waals surface area contributed by atoms with Gasteiger partial charge >= 0.3 is 6.18 Å². The van der Waals surface area contributed by atoms with E-state index in [1.165, 1.54) is 0 Å². The number of hydrogen-bond donors (Lipinski definition) is 1. The summed E-state index contributed by atoms with van der Waals surface area (Å²) in [5.74, 6) is -2.39. The van der Waals surface area contributed by atoms with Crippen molar-refractivity contribution in [2.45, 2.75) is 25.1 Å². The average Bonchev–Trinajstić information content (AvgIpc) is 2.73. The quantitative estimate of drug-likeness (QED) is 0.539. The Hall–Kier alpha value is -2.87. The number of benzene rings is 2. The molecule has 1 fully saturated rings. The molecule has 0 spiro atoms. The number of carbonyl (C=O) groups excluding carboxylic acids is 1. The Balaban J connectivity index is 1.44. The van der Waals surface area contributed by atoms with Gasteiger partial charge in [-0.25, -0.2) is 4.39 Å². The molecule has 0 atom stereocenters. The maximum Gasteiger partial charge on any atom is 0.419 e. The Morgan fingerprint density at radius 1 is 1.13 bits per heavy atom. The van der Waals surface area contributed by atoms with E-state index in [0.717, 1.165) is 28.7 Å². The fraction of sp³-hybridized carbons (Fsp3) is 0.273. The van der Waals surface area contributed by atoms with Gasteiger partial charge in [-0.15, -0.1) is 0 Å². The molecule has 2 aromatic carbocycles. The Kier molecular flexibility index (Phi) is 5.75. The van der Waals surface area contributed by atoms with E-state index in [2.05, 4.69) is 15.2 Å². The summed E-state index contributed by atoms with van der Waals surface area (Å²) >= 11 is 6.04. The SMILES string of the molecule is O=C(NC1CCN(c2ccnc3cc(Cl)ccc23)CC1)c1cccc(C(F)(F)F)c1F. The third-order valence-electron chi connectivity index (χ3n) is 5.40. The summed E-state index contributed by atoms with van der Waals surface area (Å²) in [5.41, 5.74) is -0.273. The number of alkyl halides is 3. The predicted molar refractivity (Wildman–Crippen MR) is 111 cm³/mol. The lowest BCUT2D eigenvalue weighted by Gasteiger charge is -2.34. The number of aromatic nitrogens is 1. The number of pyridine rings is 1. The maximum atomic E-state index is 14.2. The molecule has 31 heavy (non-hydrogen) atoms. The minimum absolute atomic E-state index is 0.264. The zero-order valence-electron chi connectivity index (χ0n) is 16.2. The van der Waals surface area contributed by atoms with Crippen LogP contribution in [0.3, 0.4) is 0 Å². The first-order valence-electron chi connectivity index (χ1n) is 9.70. The van der Waals surface area contributed by atoms with Crippen molar-refractivity contribution >= 4 is 34.1 Å². The van der Waals surface area contributed by atoms with Gasteiger partial charge in [0.05, 0.1) is 16.6 Å². The molecule has 9 heteroatoms. The van der Waals surface area contributed by atoms with Crippen LogP contribution < -0.4 is 10.2 Å². The van der Waals surface area contributed by atoms with Crippen molar-refractivity contribution in [1.29, 1.82) is 0 Å².